The Hall–Kier alpha value is -5.20. The van der Waals surface area contributed by atoms with Crippen molar-refractivity contribution in [3.63, 3.8) is 0 Å². The zero-order valence-electron chi connectivity index (χ0n) is 45.1. The number of rotatable bonds is 3. The van der Waals surface area contributed by atoms with Gasteiger partial charge in [-0.05, 0) is 88.6 Å². The molecular formula is C40H26. The molecule has 0 atom stereocenters. The summed E-state index contributed by atoms with van der Waals surface area (Å²) in [6, 6.07) is -21.0. The Labute approximate surface area is 268 Å². The van der Waals surface area contributed by atoms with Crippen molar-refractivity contribution in [2.24, 2.45) is 0 Å². The van der Waals surface area contributed by atoms with Crippen LogP contribution in [0.3, 0.4) is 0 Å². The number of hydrogen-bond donors (Lipinski definition) is 0. The Morgan fingerprint density at radius 3 is 1.57 bits per heavy atom. The van der Waals surface area contributed by atoms with E-state index < -0.39 is 222 Å². The molecule has 40 heavy (non-hydrogen) atoms. The molecule has 0 aliphatic rings. The van der Waals surface area contributed by atoms with E-state index in [1.165, 1.54) is 0 Å². The summed E-state index contributed by atoms with van der Waals surface area (Å²) in [5.74, 6) is 0. The monoisotopic (exact) mass is 531 g/mol. The predicted molar refractivity (Wildman–Crippen MR) is 173 cm³/mol. The van der Waals surface area contributed by atoms with Crippen molar-refractivity contribution in [1.82, 2.24) is 0 Å². The minimum atomic E-state index is -0.994. The SMILES string of the molecule is [2H]c1c([2H])c(-c2cc([2H])c3c([2H])c([2H])c([2H])c([2H])c3c2[2H])c([2H])c(-c2c3c([2H])c([2H])c([2H])c([2H])c3c(-c3c([2H])c([2H])c([2H])c4c([2H])c([2H])c([2H])c([2H])c34)c3c([2H])c([2H])c([2H])c([2H])c23)c1[2H]. The molecule has 0 aliphatic heterocycles. The molecule has 0 spiro atoms. The van der Waals surface area contributed by atoms with E-state index in [0.29, 0.717) is 0 Å². The largest absolute Gasteiger partial charge is 0.0636 e. The molecule has 0 nitrogen and oxygen atoms in total. The van der Waals surface area contributed by atoms with E-state index in [1.54, 1.807) is 0 Å². The molecule has 8 aromatic carbocycles. The third-order valence-electron chi connectivity index (χ3n) is 6.39. The second-order valence-corrected chi connectivity index (χ2v) is 8.58. The number of benzene rings is 8. The van der Waals surface area contributed by atoms with Crippen molar-refractivity contribution in [1.29, 1.82) is 0 Å². The van der Waals surface area contributed by atoms with Crippen LogP contribution in [0.1, 0.15) is 34.3 Å². The highest BCUT2D eigenvalue weighted by Gasteiger charge is 2.18. The van der Waals surface area contributed by atoms with Gasteiger partial charge in [0.2, 0.25) is 0 Å². The number of hydrogen-bond acceptors (Lipinski definition) is 0. The summed E-state index contributed by atoms with van der Waals surface area (Å²) in [6.45, 7) is 0. The maximum atomic E-state index is 9.68. The smallest absolute Gasteiger partial charge is 0.0616 e. The van der Waals surface area contributed by atoms with Gasteiger partial charge in [0.25, 0.3) is 0 Å². The van der Waals surface area contributed by atoms with Gasteiger partial charge in [0, 0.05) is 0 Å². The first-order valence-corrected chi connectivity index (χ1v) is 11.8. The average molecular weight is 532 g/mol. The summed E-state index contributed by atoms with van der Waals surface area (Å²) in [6.07, 6.45) is 0. The zero-order chi connectivity index (χ0) is 48.2. The molecule has 0 amide bonds. The van der Waals surface area contributed by atoms with Crippen LogP contribution < -0.4 is 0 Å². The van der Waals surface area contributed by atoms with Gasteiger partial charge in [-0.3, -0.25) is 0 Å². The van der Waals surface area contributed by atoms with Crippen molar-refractivity contribution >= 4 is 43.1 Å². The fourth-order valence-corrected chi connectivity index (χ4v) is 4.69. The van der Waals surface area contributed by atoms with Crippen LogP contribution in [-0.2, 0) is 0 Å². The van der Waals surface area contributed by atoms with E-state index in [9.17, 15) is 9.60 Å². The summed E-state index contributed by atoms with van der Waals surface area (Å²) in [4.78, 5) is 0. The maximum absolute atomic E-state index is 9.68. The predicted octanol–water partition coefficient (Wildman–Crippen LogP) is 11.3. The van der Waals surface area contributed by atoms with Gasteiger partial charge in [-0.25, -0.2) is 0 Å². The molecule has 8 rings (SSSR count). The molecular weight excluding hydrogens is 480 g/mol. The molecule has 0 heterocycles. The lowest BCUT2D eigenvalue weighted by molar-refractivity contribution is 1.63. The molecule has 0 radical (unpaired) electrons. The minimum absolute atomic E-state index is 0.383. The fourth-order valence-electron chi connectivity index (χ4n) is 4.69. The van der Waals surface area contributed by atoms with Crippen LogP contribution in [-0.4, -0.2) is 0 Å². The molecule has 0 aromatic heterocycles. The van der Waals surface area contributed by atoms with Crippen LogP contribution in [0.2, 0.25) is 0 Å². The van der Waals surface area contributed by atoms with Gasteiger partial charge in [-0.2, -0.15) is 0 Å². The van der Waals surface area contributed by atoms with E-state index in [4.69, 9.17) is 24.7 Å². The van der Waals surface area contributed by atoms with Gasteiger partial charge in [0.05, 0.1) is 34.3 Å². The van der Waals surface area contributed by atoms with Crippen LogP contribution in [0.25, 0.3) is 76.5 Å². The lowest BCUT2D eigenvalue weighted by Crippen LogP contribution is -1.92. The lowest BCUT2D eigenvalue weighted by Gasteiger charge is -2.19. The van der Waals surface area contributed by atoms with Gasteiger partial charge in [-0.15, -0.1) is 0 Å². The molecule has 0 N–H and O–H groups in total. The van der Waals surface area contributed by atoms with Gasteiger partial charge in [-0.1, -0.05) is 145 Å². The van der Waals surface area contributed by atoms with Crippen molar-refractivity contribution in [3.05, 3.63) is 157 Å². The van der Waals surface area contributed by atoms with Crippen LogP contribution in [0.4, 0.5) is 0 Å². The molecule has 8 aromatic rings. The van der Waals surface area contributed by atoms with Crippen molar-refractivity contribution in [2.45, 2.75) is 0 Å². The Bertz CT molecular complexity index is 3510. The van der Waals surface area contributed by atoms with Crippen LogP contribution in [0, 0.1) is 0 Å². The summed E-state index contributed by atoms with van der Waals surface area (Å²) in [5.41, 5.74) is -4.04. The molecule has 0 aliphatic carbocycles. The topological polar surface area (TPSA) is 0 Å². The molecule has 0 heteroatoms. The van der Waals surface area contributed by atoms with E-state index in [1.807, 2.05) is 0 Å². The Balaban J connectivity index is 1.73. The molecule has 0 bridgehead atoms. The molecule has 0 saturated heterocycles. The Morgan fingerprint density at radius 2 is 0.850 bits per heavy atom. The first kappa shape index (κ1) is 8.91. The van der Waals surface area contributed by atoms with Gasteiger partial charge < -0.3 is 0 Å². The summed E-state index contributed by atoms with van der Waals surface area (Å²) in [5, 5.41) is -4.89. The van der Waals surface area contributed by atoms with Crippen LogP contribution in [0.5, 0.6) is 0 Å². The van der Waals surface area contributed by atoms with Crippen molar-refractivity contribution < 1.29 is 34.3 Å². The highest BCUT2D eigenvalue weighted by atomic mass is 14.2. The molecule has 0 unspecified atom stereocenters. The highest BCUT2D eigenvalue weighted by Crippen LogP contribution is 2.45. The molecule has 0 fully saturated rings. The summed E-state index contributed by atoms with van der Waals surface area (Å²) >= 11 is 0. The first-order valence-electron chi connectivity index (χ1n) is 24.3. The van der Waals surface area contributed by atoms with Crippen molar-refractivity contribution in [2.75, 3.05) is 0 Å². The maximum Gasteiger partial charge on any atom is 0.0636 e. The Morgan fingerprint density at radius 1 is 0.325 bits per heavy atom. The van der Waals surface area contributed by atoms with Crippen molar-refractivity contribution in [3.8, 4) is 33.4 Å². The normalized spacial score (nSPS) is 20.2. The minimum Gasteiger partial charge on any atom is -0.0616 e. The van der Waals surface area contributed by atoms with E-state index in [2.05, 4.69) is 0 Å². The molecule has 186 valence electrons. The van der Waals surface area contributed by atoms with Crippen LogP contribution in [0.15, 0.2) is 157 Å². The standard InChI is InChI=1S/C40H26/c1-2-13-29-25-31(24-23-27(29)11-1)30-15-9-16-32(26-30)39-35-18-5-7-20-37(35)40(38-21-8-6-19-36(38)39)34-22-10-14-28-12-3-4-17-33(28)34/h1-26H/i1D,2D,3D,4D,5D,6D,7D,8D,9D,10D,11D,12D,13D,14D,15D,16D,17D,18D,19D,20D,21D,22D,23D,25D,26D. The second kappa shape index (κ2) is 9.22. The van der Waals surface area contributed by atoms with E-state index >= 15 is 0 Å². The number of fused-ring (bicyclic) bond motifs is 4. The zero-order valence-corrected chi connectivity index (χ0v) is 20.1. The first-order chi connectivity index (χ1) is 30.3. The average Bonchev–Trinajstić information content (AvgIpc) is 3.27. The van der Waals surface area contributed by atoms with Gasteiger partial charge in [0.15, 0.2) is 0 Å². The van der Waals surface area contributed by atoms with E-state index in [0.717, 1.165) is 6.07 Å². The Kier molecular flexibility index (Phi) is 2.05. The highest BCUT2D eigenvalue weighted by molar-refractivity contribution is 6.23. The van der Waals surface area contributed by atoms with E-state index in [-0.39, 0.29) is 5.39 Å². The van der Waals surface area contributed by atoms with Crippen LogP contribution >= 0.6 is 0 Å². The van der Waals surface area contributed by atoms with Gasteiger partial charge >= 0.3 is 0 Å². The molecule has 0 saturated carbocycles. The third kappa shape index (κ3) is 3.61. The van der Waals surface area contributed by atoms with Gasteiger partial charge in [0.1, 0.15) is 0 Å². The fraction of sp³-hybridized carbons (Fsp3) is 0. The quantitative estimate of drug-likeness (QED) is 0.199. The second-order valence-electron chi connectivity index (χ2n) is 8.58. The summed E-state index contributed by atoms with van der Waals surface area (Å²) in [7, 11) is 0. The third-order valence-corrected chi connectivity index (χ3v) is 6.39. The summed E-state index contributed by atoms with van der Waals surface area (Å²) < 4.78 is 222. The lowest BCUT2D eigenvalue weighted by atomic mass is 9.84.